The number of aromatic nitrogens is 3. The van der Waals surface area contributed by atoms with Crippen molar-refractivity contribution in [3.05, 3.63) is 29.2 Å². The fourth-order valence-electron chi connectivity index (χ4n) is 3.94. The van der Waals surface area contributed by atoms with E-state index in [0.29, 0.717) is 13.0 Å². The molecule has 0 aromatic carbocycles. The van der Waals surface area contributed by atoms with E-state index < -0.39 is 0 Å². The number of nitrogens with zero attached hydrogens (tertiary/aromatic N) is 4. The van der Waals surface area contributed by atoms with Gasteiger partial charge in [0.15, 0.2) is 5.65 Å². The van der Waals surface area contributed by atoms with E-state index in [1.165, 1.54) is 0 Å². The van der Waals surface area contributed by atoms with Crippen molar-refractivity contribution in [1.82, 2.24) is 24.8 Å². The number of aryl methyl sites for hydroxylation is 2. The molecule has 136 valence electrons. The summed E-state index contributed by atoms with van der Waals surface area (Å²) in [6.45, 7) is 6.25. The van der Waals surface area contributed by atoms with E-state index in [2.05, 4.69) is 20.3 Å². The largest absolute Gasteiger partial charge is 0.383 e. The summed E-state index contributed by atoms with van der Waals surface area (Å²) in [5.41, 5.74) is 3.79. The highest BCUT2D eigenvalue weighted by molar-refractivity contribution is 5.77. The number of ether oxygens (including phenoxy) is 1. The summed E-state index contributed by atoms with van der Waals surface area (Å²) < 4.78 is 7.38. The van der Waals surface area contributed by atoms with Crippen molar-refractivity contribution in [3.63, 3.8) is 0 Å². The van der Waals surface area contributed by atoms with Crippen molar-refractivity contribution in [2.45, 2.75) is 45.2 Å². The molecular weight excluding hydrogens is 318 g/mol. The quantitative estimate of drug-likeness (QED) is 0.858. The second-order valence-electron chi connectivity index (χ2n) is 6.98. The van der Waals surface area contributed by atoms with Gasteiger partial charge in [-0.15, -0.1) is 0 Å². The molecule has 2 aromatic rings. The fraction of sp³-hybridized carbons (Fsp3) is 0.611. The average Bonchev–Trinajstić information content (AvgIpc) is 3.13. The molecule has 7 nitrogen and oxygen atoms in total. The Morgan fingerprint density at radius 3 is 2.96 bits per heavy atom. The van der Waals surface area contributed by atoms with Gasteiger partial charge >= 0.3 is 0 Å². The lowest BCUT2D eigenvalue weighted by atomic mass is 9.92. The van der Waals surface area contributed by atoms with Gasteiger partial charge in [-0.05, 0) is 39.3 Å². The highest BCUT2D eigenvalue weighted by Crippen LogP contribution is 2.34. The predicted molar refractivity (Wildman–Crippen MR) is 95.4 cm³/mol. The molecule has 0 saturated carbocycles. The predicted octanol–water partition coefficient (Wildman–Crippen LogP) is 1.46. The zero-order valence-electron chi connectivity index (χ0n) is 15.5. The molecule has 0 radical (unpaired) electrons. The summed E-state index contributed by atoms with van der Waals surface area (Å²) in [5, 5.41) is 7.24. The smallest absolute Gasteiger partial charge is 0.221 e. The second kappa shape index (κ2) is 7.09. The zero-order valence-corrected chi connectivity index (χ0v) is 15.5. The van der Waals surface area contributed by atoms with Crippen LogP contribution in [0.25, 0.3) is 5.65 Å². The summed E-state index contributed by atoms with van der Waals surface area (Å²) in [7, 11) is 3.38. The molecule has 1 aliphatic rings. The van der Waals surface area contributed by atoms with Crippen molar-refractivity contribution >= 4 is 11.6 Å². The number of nitrogens with one attached hydrogen (secondary N) is 1. The minimum Gasteiger partial charge on any atom is -0.383 e. The van der Waals surface area contributed by atoms with Gasteiger partial charge in [0.2, 0.25) is 5.91 Å². The molecule has 1 aliphatic heterocycles. The SMILES string of the molecule is CNC(=O)CC1(COC)CCCN1Cc1cnn2c(C)cc(C)nc12. The fourth-order valence-corrected chi connectivity index (χ4v) is 3.94. The highest BCUT2D eigenvalue weighted by Gasteiger charge is 2.42. The lowest BCUT2D eigenvalue weighted by molar-refractivity contribution is -0.124. The van der Waals surface area contributed by atoms with Gasteiger partial charge in [0.25, 0.3) is 0 Å². The monoisotopic (exact) mass is 345 g/mol. The van der Waals surface area contributed by atoms with Gasteiger partial charge in [0.1, 0.15) is 0 Å². The van der Waals surface area contributed by atoms with E-state index >= 15 is 0 Å². The van der Waals surface area contributed by atoms with Crippen LogP contribution in [0.3, 0.4) is 0 Å². The molecule has 0 aliphatic carbocycles. The first-order valence-corrected chi connectivity index (χ1v) is 8.74. The molecule has 3 rings (SSSR count). The van der Waals surface area contributed by atoms with Crippen LogP contribution in [-0.2, 0) is 16.1 Å². The third kappa shape index (κ3) is 3.39. The number of rotatable bonds is 6. The summed E-state index contributed by atoms with van der Waals surface area (Å²) in [6.07, 6.45) is 4.36. The van der Waals surface area contributed by atoms with Crippen LogP contribution < -0.4 is 5.32 Å². The Hall–Kier alpha value is -1.99. The first-order chi connectivity index (χ1) is 12.0. The van der Waals surface area contributed by atoms with Crippen LogP contribution in [0, 0.1) is 13.8 Å². The molecule has 1 amide bonds. The van der Waals surface area contributed by atoms with Crippen molar-refractivity contribution in [3.8, 4) is 0 Å². The van der Waals surface area contributed by atoms with Crippen molar-refractivity contribution in [1.29, 1.82) is 0 Å². The standard InChI is InChI=1S/C18H27N5O2/c1-13-8-14(2)23-17(21-13)15(10-20-23)11-22-7-5-6-18(22,12-25-4)9-16(24)19-3/h8,10H,5-7,9,11-12H2,1-4H3,(H,19,24). The Balaban J connectivity index is 1.91. The molecular formula is C18H27N5O2. The molecule has 1 fully saturated rings. The molecule has 0 bridgehead atoms. The van der Waals surface area contributed by atoms with Gasteiger partial charge in [0.05, 0.1) is 18.3 Å². The lowest BCUT2D eigenvalue weighted by Gasteiger charge is -2.37. The van der Waals surface area contributed by atoms with Gasteiger partial charge in [-0.2, -0.15) is 5.10 Å². The zero-order chi connectivity index (χ0) is 18.0. The van der Waals surface area contributed by atoms with E-state index in [9.17, 15) is 4.79 Å². The van der Waals surface area contributed by atoms with Crippen LogP contribution in [0.1, 0.15) is 36.2 Å². The van der Waals surface area contributed by atoms with E-state index in [-0.39, 0.29) is 11.4 Å². The molecule has 3 heterocycles. The maximum atomic E-state index is 12.1. The van der Waals surface area contributed by atoms with Gasteiger partial charge in [-0.3, -0.25) is 9.69 Å². The number of methoxy groups -OCH3 is 1. The number of fused-ring (bicyclic) bond motifs is 1. The van der Waals surface area contributed by atoms with Gasteiger partial charge in [-0.25, -0.2) is 9.50 Å². The maximum Gasteiger partial charge on any atom is 0.221 e. The van der Waals surface area contributed by atoms with Crippen LogP contribution >= 0.6 is 0 Å². The normalized spacial score (nSPS) is 21.1. The number of hydrogen-bond acceptors (Lipinski definition) is 5. The molecule has 0 spiro atoms. The van der Waals surface area contributed by atoms with E-state index in [1.807, 2.05) is 30.6 Å². The van der Waals surface area contributed by atoms with Crippen LogP contribution in [0.2, 0.25) is 0 Å². The van der Waals surface area contributed by atoms with E-state index in [1.54, 1.807) is 14.2 Å². The van der Waals surface area contributed by atoms with Crippen LogP contribution in [0.5, 0.6) is 0 Å². The summed E-state index contributed by atoms with van der Waals surface area (Å²) in [5.74, 6) is 0.0497. The number of amides is 1. The Kier molecular flexibility index (Phi) is 5.06. The summed E-state index contributed by atoms with van der Waals surface area (Å²) >= 11 is 0. The number of carbonyl (C=O) groups excluding carboxylic acids is 1. The molecule has 1 unspecified atom stereocenters. The molecule has 1 atom stereocenters. The Morgan fingerprint density at radius 2 is 2.24 bits per heavy atom. The van der Waals surface area contributed by atoms with Crippen molar-refractivity contribution in [2.24, 2.45) is 0 Å². The topological polar surface area (TPSA) is 71.8 Å². The van der Waals surface area contributed by atoms with Gasteiger partial charge < -0.3 is 10.1 Å². The van der Waals surface area contributed by atoms with E-state index in [4.69, 9.17) is 4.74 Å². The minimum absolute atomic E-state index is 0.0497. The van der Waals surface area contributed by atoms with Crippen LogP contribution in [0.15, 0.2) is 12.3 Å². The Morgan fingerprint density at radius 1 is 1.44 bits per heavy atom. The van der Waals surface area contributed by atoms with Gasteiger partial charge in [0, 0.05) is 44.1 Å². The second-order valence-corrected chi connectivity index (χ2v) is 6.98. The average molecular weight is 345 g/mol. The number of hydrogen-bond donors (Lipinski definition) is 1. The highest BCUT2D eigenvalue weighted by atomic mass is 16.5. The number of carbonyl (C=O) groups is 1. The molecule has 2 aromatic heterocycles. The molecule has 1 saturated heterocycles. The third-order valence-corrected chi connectivity index (χ3v) is 5.13. The summed E-state index contributed by atoms with van der Waals surface area (Å²) in [6, 6.07) is 2.03. The van der Waals surface area contributed by atoms with Crippen molar-refractivity contribution < 1.29 is 9.53 Å². The first kappa shape index (κ1) is 17.8. The first-order valence-electron chi connectivity index (χ1n) is 8.74. The summed E-state index contributed by atoms with van der Waals surface area (Å²) in [4.78, 5) is 19.1. The van der Waals surface area contributed by atoms with Crippen LogP contribution in [0.4, 0.5) is 0 Å². The molecule has 25 heavy (non-hydrogen) atoms. The number of likely N-dealkylation sites (tertiary alicyclic amines) is 1. The lowest BCUT2D eigenvalue weighted by Crippen LogP contribution is -2.49. The van der Waals surface area contributed by atoms with Gasteiger partial charge in [-0.1, -0.05) is 0 Å². The van der Waals surface area contributed by atoms with Crippen LogP contribution in [-0.4, -0.2) is 58.3 Å². The minimum atomic E-state index is -0.262. The van der Waals surface area contributed by atoms with E-state index in [0.717, 1.165) is 48.5 Å². The third-order valence-electron chi connectivity index (χ3n) is 5.13. The van der Waals surface area contributed by atoms with Crippen molar-refractivity contribution in [2.75, 3.05) is 27.3 Å². The Labute approximate surface area is 148 Å². The molecule has 7 heteroatoms. The maximum absolute atomic E-state index is 12.1. The molecule has 1 N–H and O–H groups in total. The Bertz CT molecular complexity index is 772.